The second-order valence-electron chi connectivity index (χ2n) is 11.5. The molecule has 0 spiro atoms. The minimum Gasteiger partial charge on any atom is -0.481 e. The van der Waals surface area contributed by atoms with Gasteiger partial charge in [0.15, 0.2) is 0 Å². The van der Waals surface area contributed by atoms with Gasteiger partial charge in [0.25, 0.3) is 0 Å². The Labute approximate surface area is 184 Å². The molecule has 2 fully saturated rings. The molecule has 2 aliphatic rings. The van der Waals surface area contributed by atoms with Crippen LogP contribution in [-0.2, 0) is 4.79 Å². The zero-order valence-electron chi connectivity index (χ0n) is 20.4. The molecule has 3 N–H and O–H groups in total. The van der Waals surface area contributed by atoms with Gasteiger partial charge in [0.2, 0.25) is 0 Å². The molecule has 2 aliphatic carbocycles. The molecule has 0 heterocycles. The molecule has 2 saturated carbocycles. The third kappa shape index (κ3) is 5.41. The fourth-order valence-electron chi connectivity index (χ4n) is 7.37. The summed E-state index contributed by atoms with van der Waals surface area (Å²) in [7, 11) is 0. The number of fused-ring (bicyclic) bond motifs is 1. The molecule has 3 unspecified atom stereocenters. The van der Waals surface area contributed by atoms with Crippen molar-refractivity contribution in [1.29, 1.82) is 0 Å². The van der Waals surface area contributed by atoms with E-state index in [0.717, 1.165) is 51.4 Å². The average molecular weight is 425 g/mol. The highest BCUT2D eigenvalue weighted by molar-refractivity contribution is 5.66. The Morgan fingerprint density at radius 2 is 1.77 bits per heavy atom. The van der Waals surface area contributed by atoms with E-state index in [-0.39, 0.29) is 29.5 Å². The molecule has 0 bridgehead atoms. The number of aliphatic carboxylic acids is 1. The smallest absolute Gasteiger partial charge is 0.303 e. The van der Waals surface area contributed by atoms with Crippen molar-refractivity contribution < 1.29 is 20.1 Å². The van der Waals surface area contributed by atoms with Crippen LogP contribution in [0.1, 0.15) is 106 Å². The molecule has 8 atom stereocenters. The van der Waals surface area contributed by atoms with Crippen LogP contribution in [0.15, 0.2) is 0 Å². The molecule has 2 rings (SSSR count). The number of carboxylic acids is 1. The van der Waals surface area contributed by atoms with E-state index >= 15 is 0 Å². The van der Waals surface area contributed by atoms with E-state index in [1.54, 1.807) is 0 Å². The van der Waals surface area contributed by atoms with Gasteiger partial charge in [0.05, 0.1) is 12.2 Å². The lowest BCUT2D eigenvalue weighted by Gasteiger charge is -2.55. The molecular weight excluding hydrogens is 376 g/mol. The summed E-state index contributed by atoms with van der Waals surface area (Å²) in [6.45, 7) is 13.5. The Balaban J connectivity index is 2.23. The van der Waals surface area contributed by atoms with E-state index in [1.165, 1.54) is 6.42 Å². The highest BCUT2D eigenvalue weighted by Crippen LogP contribution is 2.64. The first-order chi connectivity index (χ1) is 14.0. The zero-order chi connectivity index (χ0) is 22.7. The molecule has 0 aliphatic heterocycles. The van der Waals surface area contributed by atoms with Crippen LogP contribution in [0.5, 0.6) is 0 Å². The second-order valence-corrected chi connectivity index (χ2v) is 11.5. The first-order valence-corrected chi connectivity index (χ1v) is 12.6. The van der Waals surface area contributed by atoms with Crippen molar-refractivity contribution in [1.82, 2.24) is 0 Å². The number of aliphatic hydroxyl groups excluding tert-OH is 2. The van der Waals surface area contributed by atoms with Crippen molar-refractivity contribution in [3.05, 3.63) is 0 Å². The summed E-state index contributed by atoms with van der Waals surface area (Å²) >= 11 is 0. The second kappa shape index (κ2) is 10.3. The monoisotopic (exact) mass is 424 g/mol. The van der Waals surface area contributed by atoms with Crippen molar-refractivity contribution in [2.45, 2.75) is 118 Å². The number of rotatable bonds is 11. The Morgan fingerprint density at radius 3 is 2.33 bits per heavy atom. The maximum Gasteiger partial charge on any atom is 0.303 e. The van der Waals surface area contributed by atoms with Crippen LogP contribution >= 0.6 is 0 Å². The van der Waals surface area contributed by atoms with Crippen LogP contribution < -0.4 is 0 Å². The van der Waals surface area contributed by atoms with Gasteiger partial charge in [-0.3, -0.25) is 4.79 Å². The summed E-state index contributed by atoms with van der Waals surface area (Å²) in [5.41, 5.74) is 0.305. The highest BCUT2D eigenvalue weighted by atomic mass is 16.4. The topological polar surface area (TPSA) is 77.8 Å². The summed E-state index contributed by atoms with van der Waals surface area (Å²) in [5, 5.41) is 30.4. The predicted molar refractivity (Wildman–Crippen MR) is 122 cm³/mol. The maximum absolute atomic E-state index is 11.2. The van der Waals surface area contributed by atoms with Gasteiger partial charge >= 0.3 is 5.97 Å². The van der Waals surface area contributed by atoms with E-state index in [1.807, 2.05) is 6.92 Å². The minimum atomic E-state index is -0.694. The largest absolute Gasteiger partial charge is 0.481 e. The molecule has 176 valence electrons. The lowest BCUT2D eigenvalue weighted by molar-refractivity contribution is -0.137. The Bertz CT molecular complexity index is 559. The summed E-state index contributed by atoms with van der Waals surface area (Å²) in [5.74, 6) is 1.57. The van der Waals surface area contributed by atoms with Gasteiger partial charge in [-0.2, -0.15) is 0 Å². The van der Waals surface area contributed by atoms with Gasteiger partial charge < -0.3 is 15.3 Å². The number of carbonyl (C=O) groups is 1. The van der Waals surface area contributed by atoms with Crippen LogP contribution in [0, 0.1) is 40.4 Å². The zero-order valence-corrected chi connectivity index (χ0v) is 20.4. The Hall–Kier alpha value is -0.610. The van der Waals surface area contributed by atoms with Gasteiger partial charge in [-0.15, -0.1) is 0 Å². The van der Waals surface area contributed by atoms with Crippen molar-refractivity contribution >= 4 is 5.97 Å². The molecule has 0 aromatic carbocycles. The Morgan fingerprint density at radius 1 is 1.10 bits per heavy atom. The quantitative estimate of drug-likeness (QED) is 0.386. The van der Waals surface area contributed by atoms with Crippen LogP contribution in [0.4, 0.5) is 0 Å². The fourth-order valence-corrected chi connectivity index (χ4v) is 7.37. The SMILES string of the molecule is CC[C@H](O)CCC(C)(C)C1CC[C@@]2(C)C(CC[C@@H]2[C@H](C)CCC(=O)O)C1[C@@H](O)CC. The standard InChI is InChI=1S/C26H48O4/c1-7-18(27)13-15-25(4,5)20-14-16-26(6)19(17(3)9-12-23(29)30)10-11-21(26)24(20)22(28)8-2/h17-22,24,27-28H,7-16H2,1-6H3,(H,29,30)/t17-,18+,19-,20?,21?,22+,24?,26-/m1/s1. The average Bonchev–Trinajstić information content (AvgIpc) is 3.05. The summed E-state index contributed by atoms with van der Waals surface area (Å²) in [6, 6.07) is 0. The van der Waals surface area contributed by atoms with E-state index in [0.29, 0.717) is 29.6 Å². The highest BCUT2D eigenvalue weighted by Gasteiger charge is 2.57. The van der Waals surface area contributed by atoms with E-state index in [2.05, 4.69) is 34.6 Å². The summed E-state index contributed by atoms with van der Waals surface area (Å²) in [6.07, 6.45) is 8.58. The first kappa shape index (κ1) is 25.6. The van der Waals surface area contributed by atoms with Crippen molar-refractivity contribution in [2.24, 2.45) is 40.4 Å². The normalized spacial score (nSPS) is 34.9. The molecule has 0 aromatic heterocycles. The molecule has 0 aromatic rings. The molecule has 4 nitrogen and oxygen atoms in total. The number of hydrogen-bond acceptors (Lipinski definition) is 3. The van der Waals surface area contributed by atoms with Gasteiger partial charge in [0, 0.05) is 6.42 Å². The van der Waals surface area contributed by atoms with E-state index < -0.39 is 5.97 Å². The lowest BCUT2D eigenvalue weighted by atomic mass is 9.50. The Kier molecular flexibility index (Phi) is 8.84. The van der Waals surface area contributed by atoms with Crippen molar-refractivity contribution in [2.75, 3.05) is 0 Å². The fraction of sp³-hybridized carbons (Fsp3) is 0.962. The molecule has 0 radical (unpaired) electrons. The van der Waals surface area contributed by atoms with Gasteiger partial charge in [0.1, 0.15) is 0 Å². The van der Waals surface area contributed by atoms with Crippen molar-refractivity contribution in [3.63, 3.8) is 0 Å². The number of aliphatic hydroxyl groups is 2. The van der Waals surface area contributed by atoms with E-state index in [4.69, 9.17) is 5.11 Å². The number of carboxylic acid groups (broad SMARTS) is 1. The molecule has 30 heavy (non-hydrogen) atoms. The predicted octanol–water partition coefficient (Wildman–Crippen LogP) is 5.89. The number of hydrogen-bond donors (Lipinski definition) is 3. The molecule has 4 heteroatoms. The van der Waals surface area contributed by atoms with Gasteiger partial charge in [-0.25, -0.2) is 0 Å². The third-order valence-corrected chi connectivity index (χ3v) is 9.37. The van der Waals surface area contributed by atoms with Gasteiger partial charge in [-0.05, 0) is 98.2 Å². The molecule has 0 saturated heterocycles. The van der Waals surface area contributed by atoms with Crippen LogP contribution in [0.2, 0.25) is 0 Å². The van der Waals surface area contributed by atoms with Gasteiger partial charge in [-0.1, -0.05) is 41.5 Å². The van der Waals surface area contributed by atoms with Crippen LogP contribution in [-0.4, -0.2) is 33.5 Å². The minimum absolute atomic E-state index is 0.102. The third-order valence-electron chi connectivity index (χ3n) is 9.37. The molecule has 0 amide bonds. The first-order valence-electron chi connectivity index (χ1n) is 12.6. The maximum atomic E-state index is 11.2. The van der Waals surface area contributed by atoms with Crippen LogP contribution in [0.3, 0.4) is 0 Å². The summed E-state index contributed by atoms with van der Waals surface area (Å²) in [4.78, 5) is 11.1. The summed E-state index contributed by atoms with van der Waals surface area (Å²) < 4.78 is 0. The molecular formula is C26H48O4. The lowest BCUT2D eigenvalue weighted by Crippen LogP contribution is -2.50. The van der Waals surface area contributed by atoms with Crippen molar-refractivity contribution in [3.8, 4) is 0 Å². The van der Waals surface area contributed by atoms with Crippen LogP contribution in [0.25, 0.3) is 0 Å². The van der Waals surface area contributed by atoms with E-state index in [9.17, 15) is 15.0 Å².